The van der Waals surface area contributed by atoms with E-state index in [2.05, 4.69) is 4.74 Å². The molecule has 0 atom stereocenters. The fraction of sp³-hybridized carbons (Fsp3) is 0.417. The predicted molar refractivity (Wildman–Crippen MR) is 58.8 cm³/mol. The number of ketones is 1. The molecule has 7 heteroatoms. The highest BCUT2D eigenvalue weighted by atomic mass is 19.4. The lowest BCUT2D eigenvalue weighted by Crippen LogP contribution is -2.19. The molecule has 0 saturated carbocycles. The molecule has 0 saturated heterocycles. The van der Waals surface area contributed by atoms with Crippen LogP contribution in [0.5, 0.6) is 5.75 Å². The number of ether oxygens (including phenoxy) is 2. The van der Waals surface area contributed by atoms with Crippen molar-refractivity contribution in [3.05, 3.63) is 29.6 Å². The molecule has 0 aliphatic heterocycles. The van der Waals surface area contributed by atoms with Crippen LogP contribution in [0.2, 0.25) is 0 Å². The number of alkyl halides is 3. The van der Waals surface area contributed by atoms with Crippen LogP contribution in [-0.4, -0.2) is 31.8 Å². The molecule has 0 aliphatic rings. The van der Waals surface area contributed by atoms with Crippen LogP contribution in [0.4, 0.5) is 17.6 Å². The van der Waals surface area contributed by atoms with E-state index in [-0.39, 0.29) is 24.5 Å². The van der Waals surface area contributed by atoms with Crippen molar-refractivity contribution in [2.24, 2.45) is 0 Å². The third kappa shape index (κ3) is 5.69. The lowest BCUT2D eigenvalue weighted by molar-refractivity contribution is -0.175. The Morgan fingerprint density at radius 1 is 1.26 bits per heavy atom. The average molecular weight is 280 g/mol. The van der Waals surface area contributed by atoms with Crippen molar-refractivity contribution in [1.82, 2.24) is 0 Å². The van der Waals surface area contributed by atoms with Crippen LogP contribution in [0, 0.1) is 5.82 Å². The van der Waals surface area contributed by atoms with Gasteiger partial charge >= 0.3 is 6.18 Å². The van der Waals surface area contributed by atoms with E-state index in [1.807, 2.05) is 0 Å². The minimum Gasteiger partial charge on any atom is -0.490 e. The van der Waals surface area contributed by atoms with Gasteiger partial charge in [-0.05, 0) is 25.1 Å². The van der Waals surface area contributed by atoms with Crippen molar-refractivity contribution in [2.75, 3.05) is 19.8 Å². The first-order chi connectivity index (χ1) is 8.79. The Hall–Kier alpha value is -1.63. The lowest BCUT2D eigenvalue weighted by Gasteiger charge is -2.11. The molecule has 0 aliphatic carbocycles. The normalized spacial score (nSPS) is 11.4. The van der Waals surface area contributed by atoms with Crippen LogP contribution in [0.1, 0.15) is 17.3 Å². The van der Waals surface area contributed by atoms with E-state index < -0.39 is 24.4 Å². The smallest absolute Gasteiger partial charge is 0.411 e. The van der Waals surface area contributed by atoms with Gasteiger partial charge in [-0.1, -0.05) is 0 Å². The molecule has 1 aromatic carbocycles. The number of rotatable bonds is 6. The molecular weight excluding hydrogens is 268 g/mol. The molecule has 19 heavy (non-hydrogen) atoms. The van der Waals surface area contributed by atoms with Crippen molar-refractivity contribution in [2.45, 2.75) is 13.1 Å². The largest absolute Gasteiger partial charge is 0.490 e. The molecule has 3 nitrogen and oxygen atoms in total. The van der Waals surface area contributed by atoms with Crippen molar-refractivity contribution in [3.63, 3.8) is 0 Å². The monoisotopic (exact) mass is 280 g/mol. The summed E-state index contributed by atoms with van der Waals surface area (Å²) in [6, 6.07) is 3.35. The molecule has 0 aromatic heterocycles. The number of Topliss-reactive ketones (excluding diaryl/α,β-unsaturated/α-hetero) is 1. The summed E-state index contributed by atoms with van der Waals surface area (Å²) >= 11 is 0. The van der Waals surface area contributed by atoms with Gasteiger partial charge in [0.05, 0.1) is 12.2 Å². The van der Waals surface area contributed by atoms with Crippen LogP contribution >= 0.6 is 0 Å². The Labute approximate surface area is 107 Å². The number of benzene rings is 1. The summed E-state index contributed by atoms with van der Waals surface area (Å²) in [6.07, 6.45) is -4.39. The van der Waals surface area contributed by atoms with Gasteiger partial charge in [-0.2, -0.15) is 13.2 Å². The highest BCUT2D eigenvalue weighted by Crippen LogP contribution is 2.20. The van der Waals surface area contributed by atoms with E-state index >= 15 is 0 Å². The zero-order chi connectivity index (χ0) is 14.5. The standard InChI is InChI=1S/C12H12F4O3/c1-8(17)10-6-9(13)2-3-11(10)19-5-4-18-7-12(14,15)16/h2-3,6H,4-5,7H2,1H3. The van der Waals surface area contributed by atoms with Crippen LogP contribution in [0.15, 0.2) is 18.2 Å². The number of carbonyl (C=O) groups excluding carboxylic acids is 1. The fourth-order valence-electron chi connectivity index (χ4n) is 1.30. The summed E-state index contributed by atoms with van der Waals surface area (Å²) in [4.78, 5) is 11.2. The maximum atomic E-state index is 12.9. The molecule has 1 rings (SSSR count). The fourth-order valence-corrected chi connectivity index (χ4v) is 1.30. The van der Waals surface area contributed by atoms with E-state index in [0.717, 1.165) is 12.1 Å². The summed E-state index contributed by atoms with van der Waals surface area (Å²) in [5, 5.41) is 0. The van der Waals surface area contributed by atoms with Gasteiger partial charge < -0.3 is 9.47 Å². The van der Waals surface area contributed by atoms with Gasteiger partial charge in [0.25, 0.3) is 0 Å². The molecule has 0 fully saturated rings. The van der Waals surface area contributed by atoms with Gasteiger partial charge in [0.15, 0.2) is 5.78 Å². The molecule has 0 heterocycles. The Morgan fingerprint density at radius 2 is 1.95 bits per heavy atom. The van der Waals surface area contributed by atoms with Crippen LogP contribution in [0.25, 0.3) is 0 Å². The molecule has 0 unspecified atom stereocenters. The first kappa shape index (κ1) is 15.4. The molecule has 106 valence electrons. The molecular formula is C12H12F4O3. The maximum Gasteiger partial charge on any atom is 0.411 e. The quantitative estimate of drug-likeness (QED) is 0.456. The Kier molecular flexibility index (Phi) is 5.29. The third-order valence-corrected chi connectivity index (χ3v) is 2.07. The maximum absolute atomic E-state index is 12.9. The highest BCUT2D eigenvalue weighted by molar-refractivity contribution is 5.96. The molecule has 0 N–H and O–H groups in total. The second-order valence-corrected chi connectivity index (χ2v) is 3.71. The molecule has 0 spiro atoms. The van der Waals surface area contributed by atoms with Crippen LogP contribution in [0.3, 0.4) is 0 Å². The lowest BCUT2D eigenvalue weighted by atomic mass is 10.1. The van der Waals surface area contributed by atoms with E-state index in [0.29, 0.717) is 0 Å². The number of hydrogen-bond donors (Lipinski definition) is 0. The Bertz CT molecular complexity index is 443. The first-order valence-electron chi connectivity index (χ1n) is 5.37. The van der Waals surface area contributed by atoms with Crippen LogP contribution in [-0.2, 0) is 4.74 Å². The van der Waals surface area contributed by atoms with E-state index in [1.54, 1.807) is 0 Å². The number of hydrogen-bond acceptors (Lipinski definition) is 3. The first-order valence-corrected chi connectivity index (χ1v) is 5.37. The SMILES string of the molecule is CC(=O)c1cc(F)ccc1OCCOCC(F)(F)F. The van der Waals surface area contributed by atoms with Crippen LogP contribution < -0.4 is 4.74 Å². The van der Waals surface area contributed by atoms with Crippen molar-refractivity contribution in [1.29, 1.82) is 0 Å². The minimum absolute atomic E-state index is 0.0378. The van der Waals surface area contributed by atoms with E-state index in [1.165, 1.54) is 13.0 Å². The predicted octanol–water partition coefficient (Wildman–Crippen LogP) is 2.99. The summed E-state index contributed by atoms with van der Waals surface area (Å²) in [5.41, 5.74) is 0.0378. The average Bonchev–Trinajstić information content (AvgIpc) is 2.28. The second kappa shape index (κ2) is 6.51. The van der Waals surface area contributed by atoms with Gasteiger partial charge in [-0.15, -0.1) is 0 Å². The highest BCUT2D eigenvalue weighted by Gasteiger charge is 2.27. The Morgan fingerprint density at radius 3 is 2.53 bits per heavy atom. The molecule has 0 radical (unpaired) electrons. The zero-order valence-electron chi connectivity index (χ0n) is 10.1. The topological polar surface area (TPSA) is 35.5 Å². The van der Waals surface area contributed by atoms with Crippen molar-refractivity contribution < 1.29 is 31.8 Å². The molecule has 1 aromatic rings. The zero-order valence-corrected chi connectivity index (χ0v) is 10.1. The van der Waals surface area contributed by atoms with E-state index in [4.69, 9.17) is 4.74 Å². The number of halogens is 4. The molecule has 0 amide bonds. The summed E-state index contributed by atoms with van der Waals surface area (Å²) in [7, 11) is 0. The van der Waals surface area contributed by atoms with Gasteiger partial charge in [0, 0.05) is 0 Å². The minimum atomic E-state index is -4.39. The molecule has 0 bridgehead atoms. The Balaban J connectivity index is 2.47. The van der Waals surface area contributed by atoms with Crippen molar-refractivity contribution in [3.8, 4) is 5.75 Å². The summed E-state index contributed by atoms with van der Waals surface area (Å²) in [6.45, 7) is -0.572. The van der Waals surface area contributed by atoms with Gasteiger partial charge in [0.1, 0.15) is 24.8 Å². The van der Waals surface area contributed by atoms with Gasteiger partial charge in [-0.25, -0.2) is 4.39 Å². The number of carbonyl (C=O) groups is 1. The van der Waals surface area contributed by atoms with E-state index in [9.17, 15) is 22.4 Å². The summed E-state index contributed by atoms with van der Waals surface area (Å²) < 4.78 is 57.7. The van der Waals surface area contributed by atoms with Gasteiger partial charge in [0.2, 0.25) is 0 Å². The van der Waals surface area contributed by atoms with Crippen molar-refractivity contribution >= 4 is 5.78 Å². The van der Waals surface area contributed by atoms with Gasteiger partial charge in [-0.3, -0.25) is 4.79 Å². The second-order valence-electron chi connectivity index (χ2n) is 3.71. The summed E-state index contributed by atoms with van der Waals surface area (Å²) in [5.74, 6) is -0.874. The third-order valence-electron chi connectivity index (χ3n) is 2.07.